The van der Waals surface area contributed by atoms with E-state index < -0.39 is 0 Å². The number of hydrogen-bond acceptors (Lipinski definition) is 1. The Bertz CT molecular complexity index is 148. The molecule has 0 spiro atoms. The minimum atomic E-state index is -0.254. The van der Waals surface area contributed by atoms with E-state index in [0.717, 1.165) is 25.7 Å². The van der Waals surface area contributed by atoms with Crippen molar-refractivity contribution in [3.63, 3.8) is 0 Å². The average Bonchev–Trinajstić information content (AvgIpc) is 2.10. The lowest BCUT2D eigenvalue weighted by molar-refractivity contribution is -0.118. The van der Waals surface area contributed by atoms with Crippen LogP contribution in [0.1, 0.15) is 46.0 Å². The van der Waals surface area contributed by atoms with Crippen LogP contribution in [-0.4, -0.2) is 16.0 Å². The SMILES string of the molecule is CCC(=O)C(Cl)CCCCC(C)Br. The predicted molar refractivity (Wildman–Crippen MR) is 61.8 cm³/mol. The summed E-state index contributed by atoms with van der Waals surface area (Å²) < 4.78 is 0. The summed E-state index contributed by atoms with van der Waals surface area (Å²) in [5.74, 6) is 0.175. The van der Waals surface area contributed by atoms with Gasteiger partial charge in [0.2, 0.25) is 0 Å². The van der Waals surface area contributed by atoms with Gasteiger partial charge in [0.25, 0.3) is 0 Å². The summed E-state index contributed by atoms with van der Waals surface area (Å²) in [4.78, 5) is 11.7. The molecule has 0 radical (unpaired) electrons. The summed E-state index contributed by atoms with van der Waals surface area (Å²) >= 11 is 9.37. The number of alkyl halides is 2. The fourth-order valence-electron chi connectivity index (χ4n) is 1.13. The van der Waals surface area contributed by atoms with Crippen LogP contribution in [-0.2, 0) is 4.79 Å². The van der Waals surface area contributed by atoms with Gasteiger partial charge in [-0.05, 0) is 12.8 Å². The van der Waals surface area contributed by atoms with Gasteiger partial charge in [-0.2, -0.15) is 0 Å². The van der Waals surface area contributed by atoms with Gasteiger partial charge in [0, 0.05) is 11.2 Å². The first-order valence-corrected chi connectivity index (χ1v) is 6.24. The van der Waals surface area contributed by atoms with E-state index in [1.54, 1.807) is 0 Å². The molecule has 1 nitrogen and oxygen atoms in total. The monoisotopic (exact) mass is 268 g/mol. The van der Waals surface area contributed by atoms with Crippen molar-refractivity contribution >= 4 is 33.3 Å². The van der Waals surface area contributed by atoms with Crippen LogP contribution in [0.25, 0.3) is 0 Å². The summed E-state index contributed by atoms with van der Waals surface area (Å²) in [6, 6.07) is 0. The highest BCUT2D eigenvalue weighted by Gasteiger charge is 2.12. The van der Waals surface area contributed by atoms with E-state index in [1.165, 1.54) is 0 Å². The maximum absolute atomic E-state index is 11.1. The van der Waals surface area contributed by atoms with E-state index >= 15 is 0 Å². The lowest BCUT2D eigenvalue weighted by Gasteiger charge is -2.07. The molecule has 0 aromatic rings. The summed E-state index contributed by atoms with van der Waals surface area (Å²) in [5.41, 5.74) is 0. The zero-order chi connectivity index (χ0) is 10.3. The zero-order valence-electron chi connectivity index (χ0n) is 8.35. The highest BCUT2D eigenvalue weighted by Crippen LogP contribution is 2.14. The molecule has 0 aliphatic heterocycles. The molecule has 2 unspecified atom stereocenters. The van der Waals surface area contributed by atoms with Crippen LogP contribution in [0.5, 0.6) is 0 Å². The third kappa shape index (κ3) is 7.51. The smallest absolute Gasteiger partial charge is 0.150 e. The predicted octanol–water partition coefficient (Wildman–Crippen LogP) is 3.92. The lowest BCUT2D eigenvalue weighted by atomic mass is 10.1. The topological polar surface area (TPSA) is 17.1 Å². The van der Waals surface area contributed by atoms with Crippen LogP contribution >= 0.6 is 27.5 Å². The second-order valence-electron chi connectivity index (χ2n) is 3.35. The van der Waals surface area contributed by atoms with E-state index in [2.05, 4.69) is 22.9 Å². The van der Waals surface area contributed by atoms with Crippen molar-refractivity contribution in [3.05, 3.63) is 0 Å². The molecule has 0 amide bonds. The maximum atomic E-state index is 11.1. The van der Waals surface area contributed by atoms with Crippen molar-refractivity contribution < 1.29 is 4.79 Å². The number of carbonyl (C=O) groups is 1. The van der Waals surface area contributed by atoms with E-state index in [0.29, 0.717) is 11.2 Å². The van der Waals surface area contributed by atoms with Gasteiger partial charge in [0.05, 0.1) is 5.38 Å². The molecule has 0 N–H and O–H groups in total. The number of unbranched alkanes of at least 4 members (excludes halogenated alkanes) is 1. The Balaban J connectivity index is 3.37. The van der Waals surface area contributed by atoms with Crippen molar-refractivity contribution in [2.24, 2.45) is 0 Å². The molecular formula is C10H18BrClO. The summed E-state index contributed by atoms with van der Waals surface area (Å²) in [6.07, 6.45) is 4.74. The van der Waals surface area contributed by atoms with Crippen LogP contribution in [0.4, 0.5) is 0 Å². The number of Topliss-reactive ketones (excluding diaryl/α,β-unsaturated/α-hetero) is 1. The molecule has 0 aromatic heterocycles. The number of carbonyl (C=O) groups excluding carboxylic acids is 1. The second-order valence-corrected chi connectivity index (χ2v) is 5.44. The third-order valence-electron chi connectivity index (χ3n) is 2.01. The molecule has 3 heteroatoms. The first kappa shape index (κ1) is 13.4. The maximum Gasteiger partial charge on any atom is 0.150 e. The minimum Gasteiger partial charge on any atom is -0.298 e. The molecule has 0 saturated carbocycles. The Morgan fingerprint density at radius 3 is 2.38 bits per heavy atom. The molecule has 0 aliphatic rings. The molecule has 2 atom stereocenters. The largest absolute Gasteiger partial charge is 0.298 e. The fourth-order valence-corrected chi connectivity index (χ4v) is 1.76. The molecule has 0 fully saturated rings. The Morgan fingerprint density at radius 2 is 1.92 bits per heavy atom. The van der Waals surface area contributed by atoms with Crippen LogP contribution in [0.15, 0.2) is 0 Å². The van der Waals surface area contributed by atoms with E-state index in [9.17, 15) is 4.79 Å². The van der Waals surface area contributed by atoms with Gasteiger partial charge < -0.3 is 0 Å². The van der Waals surface area contributed by atoms with E-state index in [1.807, 2.05) is 6.92 Å². The minimum absolute atomic E-state index is 0.175. The van der Waals surface area contributed by atoms with Gasteiger partial charge in [-0.3, -0.25) is 4.79 Å². The van der Waals surface area contributed by atoms with Crippen LogP contribution in [0, 0.1) is 0 Å². The Kier molecular flexibility index (Phi) is 8.07. The van der Waals surface area contributed by atoms with Gasteiger partial charge in [-0.25, -0.2) is 0 Å². The molecule has 78 valence electrons. The molecule has 0 saturated heterocycles. The standard InChI is InChI=1S/C10H18BrClO/c1-3-10(13)9(12)7-5-4-6-8(2)11/h8-9H,3-7H2,1-2H3. The highest BCUT2D eigenvalue weighted by atomic mass is 79.9. The van der Waals surface area contributed by atoms with Crippen molar-refractivity contribution in [2.45, 2.75) is 56.2 Å². The van der Waals surface area contributed by atoms with Gasteiger partial charge in [-0.15, -0.1) is 11.6 Å². The summed E-state index contributed by atoms with van der Waals surface area (Å²) in [7, 11) is 0. The summed E-state index contributed by atoms with van der Waals surface area (Å²) in [6.45, 7) is 3.99. The lowest BCUT2D eigenvalue weighted by Crippen LogP contribution is -2.12. The quantitative estimate of drug-likeness (QED) is 0.506. The molecule has 13 heavy (non-hydrogen) atoms. The van der Waals surface area contributed by atoms with Crippen LogP contribution in [0.2, 0.25) is 0 Å². The van der Waals surface area contributed by atoms with Crippen molar-refractivity contribution in [1.82, 2.24) is 0 Å². The van der Waals surface area contributed by atoms with Crippen molar-refractivity contribution in [2.75, 3.05) is 0 Å². The summed E-state index contributed by atoms with van der Waals surface area (Å²) in [5, 5.41) is -0.254. The van der Waals surface area contributed by atoms with Crippen LogP contribution in [0.3, 0.4) is 0 Å². The molecule has 0 aliphatic carbocycles. The number of ketones is 1. The highest BCUT2D eigenvalue weighted by molar-refractivity contribution is 9.09. The molecule has 0 rings (SSSR count). The first-order valence-electron chi connectivity index (χ1n) is 4.88. The van der Waals surface area contributed by atoms with E-state index in [-0.39, 0.29) is 11.2 Å². The van der Waals surface area contributed by atoms with Gasteiger partial charge >= 0.3 is 0 Å². The van der Waals surface area contributed by atoms with Crippen molar-refractivity contribution in [3.8, 4) is 0 Å². The molecule has 0 bridgehead atoms. The average molecular weight is 270 g/mol. The first-order chi connectivity index (χ1) is 6.07. The zero-order valence-corrected chi connectivity index (χ0v) is 10.7. The number of rotatable bonds is 7. The van der Waals surface area contributed by atoms with Gasteiger partial charge in [0.15, 0.2) is 0 Å². The normalized spacial score (nSPS) is 15.4. The van der Waals surface area contributed by atoms with E-state index in [4.69, 9.17) is 11.6 Å². The van der Waals surface area contributed by atoms with Crippen LogP contribution < -0.4 is 0 Å². The molecular weight excluding hydrogens is 251 g/mol. The molecule has 0 heterocycles. The van der Waals surface area contributed by atoms with Gasteiger partial charge in [0.1, 0.15) is 5.78 Å². The number of halogens is 2. The second kappa shape index (κ2) is 7.81. The fraction of sp³-hybridized carbons (Fsp3) is 0.900. The van der Waals surface area contributed by atoms with Crippen molar-refractivity contribution in [1.29, 1.82) is 0 Å². The Labute approximate surface area is 94.4 Å². The number of hydrogen-bond donors (Lipinski definition) is 0. The third-order valence-corrected chi connectivity index (χ3v) is 2.93. The Morgan fingerprint density at radius 1 is 1.38 bits per heavy atom. The molecule has 0 aromatic carbocycles. The van der Waals surface area contributed by atoms with Gasteiger partial charge in [-0.1, -0.05) is 42.6 Å². The Hall–Kier alpha value is 0.440.